The first kappa shape index (κ1) is 21.3. The first-order valence-corrected chi connectivity index (χ1v) is 10.7. The third-order valence-corrected chi connectivity index (χ3v) is 5.62. The van der Waals surface area contributed by atoms with E-state index in [1.54, 1.807) is 31.3 Å². The van der Waals surface area contributed by atoms with E-state index in [0.717, 1.165) is 11.3 Å². The van der Waals surface area contributed by atoms with Crippen LogP contribution in [0, 0.1) is 24.0 Å². The Kier molecular flexibility index (Phi) is 6.04. The van der Waals surface area contributed by atoms with Gasteiger partial charge in [-0.1, -0.05) is 47.3 Å². The molecule has 0 spiro atoms. The van der Waals surface area contributed by atoms with E-state index >= 15 is 0 Å². The number of hydrogen-bond donors (Lipinski definition) is 1. The van der Waals surface area contributed by atoms with E-state index in [4.69, 9.17) is 4.52 Å². The van der Waals surface area contributed by atoms with Crippen LogP contribution in [0.15, 0.2) is 70.5 Å². The molecule has 1 N–H and O–H groups in total. The van der Waals surface area contributed by atoms with Crippen LogP contribution in [0.1, 0.15) is 11.3 Å². The first-order valence-electron chi connectivity index (χ1n) is 9.67. The van der Waals surface area contributed by atoms with Crippen molar-refractivity contribution in [1.29, 1.82) is 0 Å². The lowest BCUT2D eigenvalue weighted by atomic mass is 10.1. The van der Waals surface area contributed by atoms with Crippen molar-refractivity contribution in [2.24, 2.45) is 0 Å². The van der Waals surface area contributed by atoms with Crippen LogP contribution in [-0.2, 0) is 4.79 Å². The van der Waals surface area contributed by atoms with E-state index < -0.39 is 4.92 Å². The molecule has 1 amide bonds. The maximum atomic E-state index is 12.4. The zero-order chi connectivity index (χ0) is 22.7. The zero-order valence-corrected chi connectivity index (χ0v) is 18.1. The van der Waals surface area contributed by atoms with Gasteiger partial charge in [-0.2, -0.15) is 0 Å². The van der Waals surface area contributed by atoms with E-state index in [-0.39, 0.29) is 17.3 Å². The summed E-state index contributed by atoms with van der Waals surface area (Å²) in [6.07, 6.45) is 1.66. The third-order valence-electron chi connectivity index (χ3n) is 4.67. The molecule has 2 aromatic heterocycles. The fourth-order valence-electron chi connectivity index (χ4n) is 3.20. The molecule has 10 heteroatoms. The molecule has 0 saturated carbocycles. The molecule has 0 saturated heterocycles. The van der Waals surface area contributed by atoms with E-state index in [2.05, 4.69) is 15.5 Å². The van der Waals surface area contributed by atoms with Gasteiger partial charge in [0.05, 0.1) is 28.3 Å². The van der Waals surface area contributed by atoms with Crippen LogP contribution in [0.2, 0.25) is 0 Å². The number of aryl methyl sites for hydroxylation is 2. The molecule has 2 aromatic carbocycles. The largest absolute Gasteiger partial charge is 0.360 e. The second-order valence-corrected chi connectivity index (χ2v) is 7.96. The van der Waals surface area contributed by atoms with Crippen molar-refractivity contribution in [2.75, 3.05) is 11.1 Å². The molecule has 9 nitrogen and oxygen atoms in total. The Balaban J connectivity index is 1.67. The van der Waals surface area contributed by atoms with E-state index in [0.29, 0.717) is 28.0 Å². The number of anilines is 1. The summed E-state index contributed by atoms with van der Waals surface area (Å²) in [6, 6.07) is 15.8. The van der Waals surface area contributed by atoms with Gasteiger partial charge >= 0.3 is 0 Å². The highest BCUT2D eigenvalue weighted by atomic mass is 32.2. The molecule has 0 aliphatic heterocycles. The number of imidazole rings is 1. The highest BCUT2D eigenvalue weighted by Gasteiger charge is 2.18. The summed E-state index contributed by atoms with van der Waals surface area (Å²) in [6.45, 7) is 3.71. The Morgan fingerprint density at radius 1 is 1.19 bits per heavy atom. The third kappa shape index (κ3) is 4.54. The van der Waals surface area contributed by atoms with E-state index in [1.165, 1.54) is 23.9 Å². The van der Waals surface area contributed by atoms with Crippen molar-refractivity contribution in [2.45, 2.75) is 19.0 Å². The Hall–Kier alpha value is -3.92. The summed E-state index contributed by atoms with van der Waals surface area (Å²) in [5.41, 5.74) is 3.22. The molecule has 0 unspecified atom stereocenters. The second-order valence-electron chi connectivity index (χ2n) is 7.02. The molecule has 162 valence electrons. The number of nitrogens with zero attached hydrogens (tertiary/aromatic N) is 4. The molecule has 4 aromatic rings. The molecule has 0 bridgehead atoms. The van der Waals surface area contributed by atoms with Gasteiger partial charge in [0, 0.05) is 23.8 Å². The number of rotatable bonds is 7. The van der Waals surface area contributed by atoms with Crippen LogP contribution < -0.4 is 5.32 Å². The van der Waals surface area contributed by atoms with Crippen molar-refractivity contribution < 1.29 is 14.2 Å². The van der Waals surface area contributed by atoms with Crippen LogP contribution in [0.3, 0.4) is 0 Å². The number of aromatic nitrogens is 3. The average molecular weight is 449 g/mol. The summed E-state index contributed by atoms with van der Waals surface area (Å²) >= 11 is 1.26. The number of nitro benzene ring substituents is 1. The number of amides is 1. The summed E-state index contributed by atoms with van der Waals surface area (Å²) < 4.78 is 6.87. The topological polar surface area (TPSA) is 116 Å². The number of benzene rings is 2. The van der Waals surface area contributed by atoms with Gasteiger partial charge in [-0.05, 0) is 25.5 Å². The van der Waals surface area contributed by atoms with Crippen molar-refractivity contribution in [3.05, 3.63) is 82.2 Å². The molecule has 0 aliphatic rings. The molecular weight excluding hydrogens is 430 g/mol. The van der Waals surface area contributed by atoms with Crippen molar-refractivity contribution >= 4 is 29.2 Å². The molecule has 0 radical (unpaired) electrons. The van der Waals surface area contributed by atoms with Gasteiger partial charge in [-0.25, -0.2) is 4.98 Å². The summed E-state index contributed by atoms with van der Waals surface area (Å²) in [7, 11) is 0. The summed E-state index contributed by atoms with van der Waals surface area (Å²) in [5.74, 6) is 0.806. The van der Waals surface area contributed by atoms with Crippen molar-refractivity contribution in [1.82, 2.24) is 14.7 Å². The van der Waals surface area contributed by atoms with E-state index in [1.807, 2.05) is 35.8 Å². The van der Waals surface area contributed by atoms with E-state index in [9.17, 15) is 14.9 Å². The minimum Gasteiger partial charge on any atom is -0.360 e. The summed E-state index contributed by atoms with van der Waals surface area (Å²) in [5, 5.41) is 18.3. The van der Waals surface area contributed by atoms with Gasteiger partial charge in [0.15, 0.2) is 11.0 Å². The van der Waals surface area contributed by atoms with Gasteiger partial charge in [-0.15, -0.1) is 0 Å². The predicted molar refractivity (Wildman–Crippen MR) is 121 cm³/mol. The maximum Gasteiger partial charge on any atom is 0.270 e. The number of thioether (sulfide) groups is 1. The van der Waals surface area contributed by atoms with Crippen LogP contribution in [0.5, 0.6) is 0 Å². The monoisotopic (exact) mass is 449 g/mol. The number of para-hydroxylation sites is 1. The molecule has 2 heterocycles. The molecule has 32 heavy (non-hydrogen) atoms. The highest BCUT2D eigenvalue weighted by Crippen LogP contribution is 2.32. The Bertz CT molecular complexity index is 1300. The molecule has 0 aliphatic carbocycles. The van der Waals surface area contributed by atoms with Crippen LogP contribution in [0.4, 0.5) is 11.5 Å². The normalized spacial score (nSPS) is 10.8. The Morgan fingerprint density at radius 2 is 2.00 bits per heavy atom. The predicted octanol–water partition coefficient (Wildman–Crippen LogP) is 4.78. The Morgan fingerprint density at radius 3 is 2.72 bits per heavy atom. The Labute approximate surface area is 187 Å². The summed E-state index contributed by atoms with van der Waals surface area (Å²) in [4.78, 5) is 27.7. The average Bonchev–Trinajstić information content (AvgIpc) is 3.38. The lowest BCUT2D eigenvalue weighted by Crippen LogP contribution is -2.14. The van der Waals surface area contributed by atoms with Crippen molar-refractivity contribution in [3.63, 3.8) is 0 Å². The van der Waals surface area contributed by atoms with Gasteiger partial charge in [0.25, 0.3) is 5.69 Å². The fourth-order valence-corrected chi connectivity index (χ4v) is 3.99. The maximum absolute atomic E-state index is 12.4. The smallest absolute Gasteiger partial charge is 0.270 e. The molecular formula is C22H19N5O4S. The lowest BCUT2D eigenvalue weighted by Gasteiger charge is -2.14. The quantitative estimate of drug-likeness (QED) is 0.245. The van der Waals surface area contributed by atoms with Crippen molar-refractivity contribution in [3.8, 4) is 16.9 Å². The van der Waals surface area contributed by atoms with Gasteiger partial charge in [0.2, 0.25) is 5.91 Å². The van der Waals surface area contributed by atoms with Crippen LogP contribution >= 0.6 is 11.8 Å². The SMILES string of the molecule is Cc1cc(NC(=O)CSc2ncc(-c3cccc([N+](=O)[O-])c3)n2-c2ccccc2C)no1. The number of carbonyl (C=O) groups excluding carboxylic acids is 1. The lowest BCUT2D eigenvalue weighted by molar-refractivity contribution is -0.384. The van der Waals surface area contributed by atoms with Gasteiger partial charge in [-0.3, -0.25) is 19.5 Å². The number of nitrogens with one attached hydrogen (secondary N) is 1. The number of nitro groups is 1. The molecule has 0 atom stereocenters. The highest BCUT2D eigenvalue weighted by molar-refractivity contribution is 7.99. The molecule has 4 rings (SSSR count). The minimum absolute atomic E-state index is 0.00322. The van der Waals surface area contributed by atoms with Crippen LogP contribution in [0.25, 0.3) is 16.9 Å². The molecule has 0 fully saturated rings. The van der Waals surface area contributed by atoms with Gasteiger partial charge in [0.1, 0.15) is 5.76 Å². The minimum atomic E-state index is -0.427. The van der Waals surface area contributed by atoms with Crippen LogP contribution in [-0.4, -0.2) is 31.3 Å². The number of non-ortho nitro benzene ring substituents is 1. The standard InChI is InChI=1S/C22H19N5O4S/c1-14-6-3-4-9-18(14)26-19(16-7-5-8-17(11-16)27(29)30)12-23-22(26)32-13-21(28)24-20-10-15(2)31-25-20/h3-12H,13H2,1-2H3,(H,24,25,28). The zero-order valence-electron chi connectivity index (χ0n) is 17.3. The van der Waals surface area contributed by atoms with Gasteiger partial charge < -0.3 is 9.84 Å². The number of carbonyl (C=O) groups is 1. The second kappa shape index (κ2) is 9.06. The number of hydrogen-bond acceptors (Lipinski definition) is 7. The first-order chi connectivity index (χ1) is 15.4. The fraction of sp³-hybridized carbons (Fsp3) is 0.136.